The van der Waals surface area contributed by atoms with Crippen LogP contribution in [0.4, 0.5) is 24.8 Å². The Morgan fingerprint density at radius 1 is 1.06 bits per heavy atom. The first-order valence-corrected chi connectivity index (χ1v) is 12.7. The number of ether oxygens (including phenoxy) is 3. The van der Waals surface area contributed by atoms with Gasteiger partial charge in [-0.2, -0.15) is 13.2 Å². The summed E-state index contributed by atoms with van der Waals surface area (Å²) in [6.45, 7) is 3.73. The third-order valence-electron chi connectivity index (χ3n) is 8.37. The van der Waals surface area contributed by atoms with Gasteiger partial charge in [-0.3, -0.25) is 4.90 Å². The van der Waals surface area contributed by atoms with Crippen molar-refractivity contribution in [2.24, 2.45) is 17.8 Å². The zero-order valence-electron chi connectivity index (χ0n) is 20.3. The van der Waals surface area contributed by atoms with Gasteiger partial charge in [0.2, 0.25) is 5.95 Å². The molecular formula is C26H31F3N4O3. The van der Waals surface area contributed by atoms with Crippen molar-refractivity contribution in [3.05, 3.63) is 36.2 Å². The third-order valence-corrected chi connectivity index (χ3v) is 8.37. The van der Waals surface area contributed by atoms with Crippen LogP contribution in [-0.2, 0) is 10.9 Å². The fourth-order valence-corrected chi connectivity index (χ4v) is 7.27. The second-order valence-electron chi connectivity index (χ2n) is 10.7. The molecule has 5 aliphatic rings. The van der Waals surface area contributed by atoms with Crippen LogP contribution < -0.4 is 14.8 Å². The summed E-state index contributed by atoms with van der Waals surface area (Å²) in [4.78, 5) is 10.2. The first-order valence-electron chi connectivity index (χ1n) is 12.7. The van der Waals surface area contributed by atoms with Crippen molar-refractivity contribution in [2.45, 2.75) is 49.9 Å². The predicted molar refractivity (Wildman–Crippen MR) is 126 cm³/mol. The number of nitrogens with one attached hydrogen (secondary N) is 1. The minimum Gasteiger partial charge on any atom is -0.494 e. The molecule has 4 aliphatic carbocycles. The van der Waals surface area contributed by atoms with Gasteiger partial charge in [-0.1, -0.05) is 0 Å². The number of halogens is 3. The highest BCUT2D eigenvalue weighted by atomic mass is 19.4. The Morgan fingerprint density at radius 2 is 1.75 bits per heavy atom. The van der Waals surface area contributed by atoms with Crippen LogP contribution in [0, 0.1) is 17.8 Å². The van der Waals surface area contributed by atoms with Gasteiger partial charge in [0, 0.05) is 37.6 Å². The van der Waals surface area contributed by atoms with E-state index in [0.717, 1.165) is 69.6 Å². The van der Waals surface area contributed by atoms with Gasteiger partial charge in [0.25, 0.3) is 0 Å². The van der Waals surface area contributed by atoms with Crippen molar-refractivity contribution in [3.63, 3.8) is 0 Å². The molecule has 2 atom stereocenters. The zero-order chi connectivity index (χ0) is 24.9. The molecule has 36 heavy (non-hydrogen) atoms. The molecule has 1 aliphatic heterocycles. The highest BCUT2D eigenvalue weighted by Crippen LogP contribution is 2.58. The van der Waals surface area contributed by atoms with Crippen LogP contribution in [0.2, 0.25) is 0 Å². The van der Waals surface area contributed by atoms with Crippen LogP contribution in [0.25, 0.3) is 0 Å². The van der Waals surface area contributed by atoms with Gasteiger partial charge >= 0.3 is 6.18 Å². The molecule has 1 N–H and O–H groups in total. The van der Waals surface area contributed by atoms with Gasteiger partial charge in [0.15, 0.2) is 0 Å². The summed E-state index contributed by atoms with van der Waals surface area (Å²) in [5.74, 6) is 3.37. The van der Waals surface area contributed by atoms with Crippen LogP contribution in [0.5, 0.6) is 11.5 Å². The van der Waals surface area contributed by atoms with Crippen LogP contribution in [-0.4, -0.2) is 59.9 Å². The summed E-state index contributed by atoms with van der Waals surface area (Å²) >= 11 is 0. The number of rotatable bonds is 6. The Labute approximate surface area is 208 Å². The summed E-state index contributed by atoms with van der Waals surface area (Å²) in [5, 5.41) is 2.95. The largest absolute Gasteiger partial charge is 0.494 e. The number of hydrogen-bond acceptors (Lipinski definition) is 7. The van der Waals surface area contributed by atoms with E-state index in [1.165, 1.54) is 12.8 Å². The number of nitrogens with zero attached hydrogens (tertiary/aromatic N) is 3. The number of methoxy groups -OCH3 is 1. The second-order valence-corrected chi connectivity index (χ2v) is 10.7. The van der Waals surface area contributed by atoms with Gasteiger partial charge in [-0.15, -0.1) is 0 Å². The number of hydrogen-bond donors (Lipinski definition) is 1. The molecule has 10 heteroatoms. The lowest BCUT2D eigenvalue weighted by molar-refractivity contribution is -0.156. The zero-order valence-corrected chi connectivity index (χ0v) is 20.3. The molecule has 2 aromatic rings. The Bertz CT molecular complexity index is 1070. The first-order chi connectivity index (χ1) is 17.3. The van der Waals surface area contributed by atoms with Crippen molar-refractivity contribution in [2.75, 3.05) is 38.7 Å². The van der Waals surface area contributed by atoms with Crippen molar-refractivity contribution < 1.29 is 27.4 Å². The number of alkyl halides is 3. The molecule has 1 saturated heterocycles. The molecule has 1 aromatic carbocycles. The molecular weight excluding hydrogens is 473 g/mol. The molecule has 1 aromatic heterocycles. The maximum atomic E-state index is 12.8. The molecule has 2 heterocycles. The monoisotopic (exact) mass is 504 g/mol. The first kappa shape index (κ1) is 23.8. The van der Waals surface area contributed by atoms with Crippen LogP contribution in [0.3, 0.4) is 0 Å². The smallest absolute Gasteiger partial charge is 0.419 e. The highest BCUT2D eigenvalue weighted by Gasteiger charge is 2.58. The van der Waals surface area contributed by atoms with E-state index in [9.17, 15) is 13.2 Å². The molecule has 0 radical (unpaired) electrons. The van der Waals surface area contributed by atoms with Crippen molar-refractivity contribution >= 4 is 11.6 Å². The van der Waals surface area contributed by atoms with Gasteiger partial charge in [-0.05, 0) is 62.0 Å². The lowest BCUT2D eigenvalue weighted by Crippen LogP contribution is -2.64. The molecule has 2 unspecified atom stereocenters. The number of benzene rings is 1. The maximum absolute atomic E-state index is 12.8. The highest BCUT2D eigenvalue weighted by molar-refractivity contribution is 5.64. The molecule has 7 rings (SSSR count). The summed E-state index contributed by atoms with van der Waals surface area (Å²) in [7, 11) is 1.55. The number of anilines is 2. The summed E-state index contributed by atoms with van der Waals surface area (Å²) < 4.78 is 56.3. The summed E-state index contributed by atoms with van der Waals surface area (Å²) in [6.07, 6.45) is 2.87. The Kier molecular flexibility index (Phi) is 5.99. The molecule has 0 amide bonds. The lowest BCUT2D eigenvalue weighted by atomic mass is 9.51. The number of aromatic nitrogens is 2. The van der Waals surface area contributed by atoms with E-state index in [1.807, 2.05) is 12.1 Å². The van der Waals surface area contributed by atoms with E-state index >= 15 is 0 Å². The molecule has 7 nitrogen and oxygen atoms in total. The van der Waals surface area contributed by atoms with Crippen LogP contribution in [0.1, 0.15) is 37.7 Å². The molecule has 5 fully saturated rings. The normalized spacial score (nSPS) is 31.9. The average Bonchev–Trinajstić information content (AvgIpc) is 2.84. The number of morpholine rings is 1. The standard InChI is InChI=1S/C26H31F3N4O3/c1-34-22-10-20(2-3-21(22)32-24-30-14-19(15-31-24)26(27,28)29)36-25-11-16-8-17(12-25)23(18(9-16)13-25)33-4-6-35-7-5-33/h2-3,10,14-18,23H,4-9,11-13H2,1H3,(H,30,31,32). The summed E-state index contributed by atoms with van der Waals surface area (Å²) in [6, 6.07) is 6.16. The average molecular weight is 505 g/mol. The topological polar surface area (TPSA) is 68.7 Å². The van der Waals surface area contributed by atoms with E-state index in [1.54, 1.807) is 13.2 Å². The van der Waals surface area contributed by atoms with Crippen LogP contribution in [0.15, 0.2) is 30.6 Å². The third kappa shape index (κ3) is 4.49. The molecule has 194 valence electrons. The van der Waals surface area contributed by atoms with E-state index in [0.29, 0.717) is 29.3 Å². The molecule has 4 saturated carbocycles. The molecule has 0 spiro atoms. The van der Waals surface area contributed by atoms with Crippen LogP contribution >= 0.6 is 0 Å². The second kappa shape index (κ2) is 9.06. The van der Waals surface area contributed by atoms with E-state index < -0.39 is 11.7 Å². The Morgan fingerprint density at radius 3 is 2.39 bits per heavy atom. The maximum Gasteiger partial charge on any atom is 0.419 e. The lowest BCUT2D eigenvalue weighted by Gasteiger charge is -2.61. The Hall–Kier alpha value is -2.59. The van der Waals surface area contributed by atoms with Gasteiger partial charge in [-0.25, -0.2) is 9.97 Å². The quantitative estimate of drug-likeness (QED) is 0.600. The van der Waals surface area contributed by atoms with E-state index in [-0.39, 0.29) is 11.5 Å². The summed E-state index contributed by atoms with van der Waals surface area (Å²) in [5.41, 5.74) is -0.479. The van der Waals surface area contributed by atoms with E-state index in [2.05, 4.69) is 20.2 Å². The molecule has 4 bridgehead atoms. The van der Waals surface area contributed by atoms with Gasteiger partial charge in [0.1, 0.15) is 17.1 Å². The van der Waals surface area contributed by atoms with Crippen molar-refractivity contribution in [1.29, 1.82) is 0 Å². The van der Waals surface area contributed by atoms with Gasteiger partial charge < -0.3 is 19.5 Å². The SMILES string of the molecule is COc1cc(OC23CC4CC(C2)C(N2CCOCC2)C(C4)C3)ccc1Nc1ncc(C(F)(F)F)cn1. The minimum absolute atomic E-state index is 0.0604. The van der Waals surface area contributed by atoms with E-state index in [4.69, 9.17) is 14.2 Å². The van der Waals surface area contributed by atoms with Gasteiger partial charge in [0.05, 0.1) is 31.6 Å². The fourth-order valence-electron chi connectivity index (χ4n) is 7.27. The predicted octanol–water partition coefficient (Wildman–Crippen LogP) is 4.91. The Balaban J connectivity index is 1.17. The van der Waals surface area contributed by atoms with Crippen molar-refractivity contribution in [1.82, 2.24) is 14.9 Å². The van der Waals surface area contributed by atoms with Crippen molar-refractivity contribution in [3.8, 4) is 11.5 Å². The fraction of sp³-hybridized carbons (Fsp3) is 0.615. The minimum atomic E-state index is -4.48.